The minimum Gasteiger partial charge on any atom is -0.497 e. The van der Waals surface area contributed by atoms with Crippen LogP contribution < -0.4 is 15.9 Å². The zero-order valence-corrected chi connectivity index (χ0v) is 16.0. The summed E-state index contributed by atoms with van der Waals surface area (Å²) in [6.07, 6.45) is 2.15. The maximum Gasteiger partial charge on any atom is 0.243 e. The van der Waals surface area contributed by atoms with Gasteiger partial charge in [-0.15, -0.1) is 10.2 Å². The maximum atomic E-state index is 12.3. The lowest BCUT2D eigenvalue weighted by molar-refractivity contribution is -0.131. The van der Waals surface area contributed by atoms with Crippen molar-refractivity contribution < 1.29 is 14.3 Å². The van der Waals surface area contributed by atoms with Crippen LogP contribution in [-0.4, -0.2) is 58.0 Å². The van der Waals surface area contributed by atoms with E-state index in [2.05, 4.69) is 15.5 Å². The quantitative estimate of drug-likeness (QED) is 0.512. The molecule has 1 aromatic carbocycles. The number of hydrogen-bond donors (Lipinski definition) is 2. The van der Waals surface area contributed by atoms with Crippen molar-refractivity contribution in [3.8, 4) is 5.75 Å². The second-order valence-electron chi connectivity index (χ2n) is 6.30. The first kappa shape index (κ1) is 19.0. The first-order valence-electron chi connectivity index (χ1n) is 8.49. The van der Waals surface area contributed by atoms with Gasteiger partial charge < -0.3 is 20.8 Å². The van der Waals surface area contributed by atoms with Crippen LogP contribution in [-0.2, 0) is 9.59 Å². The number of nitrogens with one attached hydrogen (secondary N) is 1. The van der Waals surface area contributed by atoms with Crippen molar-refractivity contribution in [1.29, 1.82) is 0 Å². The fraction of sp³-hybridized carbons (Fsp3) is 0.412. The molecule has 1 fully saturated rings. The Morgan fingerprint density at radius 3 is 2.89 bits per heavy atom. The van der Waals surface area contributed by atoms with Crippen molar-refractivity contribution in [2.45, 2.75) is 23.9 Å². The molecule has 0 aliphatic heterocycles. The topological polar surface area (TPSA) is 115 Å². The lowest BCUT2D eigenvalue weighted by Gasteiger charge is -2.16. The number of carbonyl (C=O) groups is 2. The van der Waals surface area contributed by atoms with Gasteiger partial charge in [-0.2, -0.15) is 0 Å². The minimum atomic E-state index is -0.290. The molecule has 0 atom stereocenters. The van der Waals surface area contributed by atoms with Gasteiger partial charge in [-0.1, -0.05) is 17.8 Å². The number of methoxy groups -OCH3 is 1. The molecule has 0 saturated heterocycles. The standard InChI is InChI=1S/C17H22N6O3S/c1-22(9-14(24)19-12-4-3-5-13(8-12)26-2)15(25)10-27-17-21-20-16(23(17)18)11-6-7-11/h3-5,8,11H,6-7,9-10,18H2,1-2H3,(H,19,24). The third-order valence-electron chi connectivity index (χ3n) is 4.12. The number of hydrogen-bond acceptors (Lipinski definition) is 7. The number of rotatable bonds is 8. The van der Waals surface area contributed by atoms with Crippen LogP contribution in [0.25, 0.3) is 0 Å². The number of carbonyl (C=O) groups excluding carboxylic acids is 2. The van der Waals surface area contributed by atoms with Crippen LogP contribution in [0.15, 0.2) is 29.4 Å². The Morgan fingerprint density at radius 2 is 2.19 bits per heavy atom. The van der Waals surface area contributed by atoms with Gasteiger partial charge in [-0.25, -0.2) is 4.68 Å². The molecule has 2 aromatic rings. The van der Waals surface area contributed by atoms with Gasteiger partial charge in [0, 0.05) is 24.7 Å². The second kappa shape index (κ2) is 8.30. The van der Waals surface area contributed by atoms with Gasteiger partial charge in [-0.05, 0) is 25.0 Å². The molecule has 1 aliphatic rings. The van der Waals surface area contributed by atoms with Crippen molar-refractivity contribution in [3.63, 3.8) is 0 Å². The molecule has 1 heterocycles. The third-order valence-corrected chi connectivity index (χ3v) is 5.05. The smallest absolute Gasteiger partial charge is 0.243 e. The average Bonchev–Trinajstić information content (AvgIpc) is 3.43. The van der Waals surface area contributed by atoms with Crippen LogP contribution in [0, 0.1) is 0 Å². The van der Waals surface area contributed by atoms with Crippen LogP contribution >= 0.6 is 11.8 Å². The highest BCUT2D eigenvalue weighted by Crippen LogP contribution is 2.39. The summed E-state index contributed by atoms with van der Waals surface area (Å²) in [5.74, 6) is 7.40. The van der Waals surface area contributed by atoms with E-state index in [1.54, 1.807) is 38.4 Å². The second-order valence-corrected chi connectivity index (χ2v) is 7.25. The van der Waals surface area contributed by atoms with Gasteiger partial charge in [0.15, 0.2) is 5.82 Å². The highest BCUT2D eigenvalue weighted by Gasteiger charge is 2.30. The van der Waals surface area contributed by atoms with Crippen molar-refractivity contribution >= 4 is 29.3 Å². The van der Waals surface area contributed by atoms with E-state index in [4.69, 9.17) is 10.6 Å². The van der Waals surface area contributed by atoms with Crippen LogP contribution in [0.5, 0.6) is 5.75 Å². The van der Waals surface area contributed by atoms with Crippen LogP contribution in [0.1, 0.15) is 24.6 Å². The first-order valence-corrected chi connectivity index (χ1v) is 9.47. The molecular weight excluding hydrogens is 368 g/mol. The van der Waals surface area contributed by atoms with Gasteiger partial charge >= 0.3 is 0 Å². The Morgan fingerprint density at radius 1 is 1.41 bits per heavy atom. The Hall–Kier alpha value is -2.75. The number of ether oxygens (including phenoxy) is 1. The number of aromatic nitrogens is 3. The fourth-order valence-electron chi connectivity index (χ4n) is 2.45. The Bertz CT molecular complexity index is 836. The molecular formula is C17H22N6O3S. The lowest BCUT2D eigenvalue weighted by atomic mass is 10.3. The van der Waals surface area contributed by atoms with Crippen molar-refractivity contribution in [2.75, 3.05) is 37.6 Å². The number of nitrogen functional groups attached to an aromatic ring is 1. The summed E-state index contributed by atoms with van der Waals surface area (Å²) in [5, 5.41) is 11.3. The molecule has 10 heteroatoms. The van der Waals surface area contributed by atoms with Crippen molar-refractivity contribution in [1.82, 2.24) is 19.8 Å². The number of thioether (sulfide) groups is 1. The molecule has 0 unspecified atom stereocenters. The van der Waals surface area contributed by atoms with Gasteiger partial charge in [0.1, 0.15) is 5.75 Å². The normalized spacial score (nSPS) is 13.3. The number of anilines is 1. The summed E-state index contributed by atoms with van der Waals surface area (Å²) in [4.78, 5) is 25.8. The highest BCUT2D eigenvalue weighted by atomic mass is 32.2. The van der Waals surface area contributed by atoms with Crippen molar-refractivity contribution in [2.24, 2.45) is 0 Å². The maximum absolute atomic E-state index is 12.3. The molecule has 0 bridgehead atoms. The lowest BCUT2D eigenvalue weighted by Crippen LogP contribution is -2.36. The largest absolute Gasteiger partial charge is 0.497 e. The summed E-state index contributed by atoms with van der Waals surface area (Å²) in [7, 11) is 3.14. The van der Waals surface area contributed by atoms with E-state index < -0.39 is 0 Å². The number of nitrogens with two attached hydrogens (primary N) is 1. The summed E-state index contributed by atoms with van der Waals surface area (Å²) < 4.78 is 6.57. The number of amides is 2. The molecule has 3 rings (SSSR count). The predicted octanol–water partition coefficient (Wildman–Crippen LogP) is 1.07. The zero-order valence-electron chi connectivity index (χ0n) is 15.2. The van der Waals surface area contributed by atoms with E-state index in [-0.39, 0.29) is 24.1 Å². The molecule has 144 valence electrons. The molecule has 3 N–H and O–H groups in total. The first-order chi connectivity index (χ1) is 13.0. The number of nitrogens with zero attached hydrogens (tertiary/aromatic N) is 4. The average molecular weight is 390 g/mol. The Balaban J connectivity index is 1.47. The summed E-state index contributed by atoms with van der Waals surface area (Å²) >= 11 is 1.21. The Kier molecular flexibility index (Phi) is 5.84. The molecule has 0 spiro atoms. The summed E-state index contributed by atoms with van der Waals surface area (Å²) in [6.45, 7) is -0.0563. The zero-order chi connectivity index (χ0) is 19.4. The van der Waals surface area contributed by atoms with E-state index in [1.165, 1.54) is 21.3 Å². The molecule has 27 heavy (non-hydrogen) atoms. The van der Waals surface area contributed by atoms with Crippen LogP contribution in [0.3, 0.4) is 0 Å². The number of benzene rings is 1. The van der Waals surface area contributed by atoms with Crippen molar-refractivity contribution in [3.05, 3.63) is 30.1 Å². The molecule has 0 radical (unpaired) electrons. The summed E-state index contributed by atoms with van der Waals surface area (Å²) in [6, 6.07) is 7.02. The third kappa shape index (κ3) is 4.91. The molecule has 1 saturated carbocycles. The van der Waals surface area contributed by atoms with Gasteiger partial charge in [-0.3, -0.25) is 9.59 Å². The highest BCUT2D eigenvalue weighted by molar-refractivity contribution is 7.99. The van der Waals surface area contributed by atoms with Gasteiger partial charge in [0.05, 0.1) is 19.4 Å². The van der Waals surface area contributed by atoms with E-state index in [0.717, 1.165) is 18.7 Å². The fourth-order valence-corrected chi connectivity index (χ4v) is 3.25. The summed E-state index contributed by atoms with van der Waals surface area (Å²) in [5.41, 5.74) is 0.610. The SMILES string of the molecule is COc1cccc(NC(=O)CN(C)C(=O)CSc2nnc(C3CC3)n2N)c1. The molecule has 2 amide bonds. The van der Waals surface area contributed by atoms with Gasteiger partial charge in [0.2, 0.25) is 17.0 Å². The monoisotopic (exact) mass is 390 g/mol. The molecule has 1 aromatic heterocycles. The molecule has 1 aliphatic carbocycles. The molecule has 9 nitrogen and oxygen atoms in total. The van der Waals surface area contributed by atoms with Crippen LogP contribution in [0.4, 0.5) is 5.69 Å². The van der Waals surface area contributed by atoms with E-state index >= 15 is 0 Å². The van der Waals surface area contributed by atoms with E-state index in [9.17, 15) is 9.59 Å². The van der Waals surface area contributed by atoms with E-state index in [1.807, 2.05) is 0 Å². The van der Waals surface area contributed by atoms with Crippen LogP contribution in [0.2, 0.25) is 0 Å². The predicted molar refractivity (Wildman–Crippen MR) is 102 cm³/mol. The van der Waals surface area contributed by atoms with Gasteiger partial charge in [0.25, 0.3) is 0 Å². The Labute approximate surface area is 161 Å². The van der Waals surface area contributed by atoms with E-state index in [0.29, 0.717) is 22.5 Å². The minimum absolute atomic E-state index is 0.0563. The number of likely N-dealkylation sites (N-methyl/N-ethyl adjacent to an activating group) is 1.